The maximum Gasteiger partial charge on any atom is -0.00205 e. The Morgan fingerprint density at radius 2 is 0.900 bits per heavy atom. The van der Waals surface area contributed by atoms with Crippen LogP contribution in [0.25, 0.3) is 0 Å². The molecule has 0 aromatic carbocycles. The van der Waals surface area contributed by atoms with Crippen LogP contribution in [0.3, 0.4) is 0 Å². The van der Waals surface area contributed by atoms with E-state index in [2.05, 4.69) is 52.2 Å². The van der Waals surface area contributed by atoms with E-state index in [4.69, 9.17) is 0 Å². The molecule has 0 spiro atoms. The smallest absolute Gasteiger partial charge is 0.00205 e. The Morgan fingerprint density at radius 1 is 0.533 bits per heavy atom. The Morgan fingerprint density at radius 3 is 1.23 bits per heavy atom. The first-order valence-corrected chi connectivity index (χ1v) is 13.8. The molecule has 1 aliphatic carbocycles. The predicted octanol–water partition coefficient (Wildman–Crippen LogP) is 7.68. The molecule has 1 saturated carbocycles. The van der Waals surface area contributed by atoms with Crippen LogP contribution in [0, 0.1) is 35.5 Å². The molecule has 2 nitrogen and oxygen atoms in total. The quantitative estimate of drug-likeness (QED) is 0.221. The standard InChI is InChI=1S/C28H58N2/c1-23(2)9-7-11-25(5)17-19-29-21-27-13-15-28(16-14-27)22-30-20-18-26(6)12-8-10-24(3)4/h23-30H,7-22H2,1-6H3. The first kappa shape index (κ1) is 28.0. The normalized spacial score (nSPS) is 22.0. The van der Waals surface area contributed by atoms with E-state index in [1.54, 1.807) is 0 Å². The fraction of sp³-hybridized carbons (Fsp3) is 1.00. The maximum absolute atomic E-state index is 3.77. The van der Waals surface area contributed by atoms with Crippen LogP contribution in [0.2, 0.25) is 0 Å². The summed E-state index contributed by atoms with van der Waals surface area (Å²) in [4.78, 5) is 0. The van der Waals surface area contributed by atoms with Crippen LogP contribution >= 0.6 is 0 Å². The van der Waals surface area contributed by atoms with Gasteiger partial charge in [-0.1, -0.05) is 80.1 Å². The minimum Gasteiger partial charge on any atom is -0.316 e. The highest BCUT2D eigenvalue weighted by molar-refractivity contribution is 4.76. The number of nitrogens with one attached hydrogen (secondary N) is 2. The average molecular weight is 423 g/mol. The fourth-order valence-corrected chi connectivity index (χ4v) is 4.99. The molecule has 1 aliphatic rings. The van der Waals surface area contributed by atoms with Gasteiger partial charge >= 0.3 is 0 Å². The molecule has 1 fully saturated rings. The number of hydrogen-bond acceptors (Lipinski definition) is 2. The van der Waals surface area contributed by atoms with E-state index in [9.17, 15) is 0 Å². The van der Waals surface area contributed by atoms with Gasteiger partial charge in [-0.2, -0.15) is 0 Å². The second-order valence-corrected chi connectivity index (χ2v) is 11.7. The van der Waals surface area contributed by atoms with Gasteiger partial charge in [0.05, 0.1) is 0 Å². The lowest BCUT2D eigenvalue weighted by Crippen LogP contribution is -2.31. The zero-order valence-corrected chi connectivity index (χ0v) is 21.8. The van der Waals surface area contributed by atoms with Gasteiger partial charge in [-0.25, -0.2) is 0 Å². The Hall–Kier alpha value is -0.0800. The van der Waals surface area contributed by atoms with Crippen molar-refractivity contribution in [1.29, 1.82) is 0 Å². The molecule has 0 aromatic heterocycles. The Labute approximate surface area is 191 Å². The molecule has 2 heteroatoms. The van der Waals surface area contributed by atoms with Crippen molar-refractivity contribution >= 4 is 0 Å². The molecule has 0 amide bonds. The van der Waals surface area contributed by atoms with Gasteiger partial charge in [-0.05, 0) is 100 Å². The molecule has 1 rings (SSSR count). The molecule has 0 heterocycles. The lowest BCUT2D eigenvalue weighted by atomic mass is 9.82. The second-order valence-electron chi connectivity index (χ2n) is 11.7. The predicted molar refractivity (Wildman–Crippen MR) is 136 cm³/mol. The molecular weight excluding hydrogens is 364 g/mol. The van der Waals surface area contributed by atoms with E-state index in [-0.39, 0.29) is 0 Å². The van der Waals surface area contributed by atoms with E-state index in [1.807, 2.05) is 0 Å². The summed E-state index contributed by atoms with van der Waals surface area (Å²) < 4.78 is 0. The number of hydrogen-bond donors (Lipinski definition) is 2. The third-order valence-electron chi connectivity index (χ3n) is 7.42. The lowest BCUT2D eigenvalue weighted by molar-refractivity contribution is 0.258. The second kappa shape index (κ2) is 17.5. The van der Waals surface area contributed by atoms with Crippen molar-refractivity contribution in [3.8, 4) is 0 Å². The summed E-state index contributed by atoms with van der Waals surface area (Å²) in [6, 6.07) is 0. The van der Waals surface area contributed by atoms with Crippen molar-refractivity contribution in [2.24, 2.45) is 35.5 Å². The van der Waals surface area contributed by atoms with Crippen LogP contribution in [0.1, 0.15) is 119 Å². The molecule has 30 heavy (non-hydrogen) atoms. The molecule has 0 radical (unpaired) electrons. The van der Waals surface area contributed by atoms with Crippen molar-refractivity contribution in [1.82, 2.24) is 10.6 Å². The van der Waals surface area contributed by atoms with E-state index in [0.29, 0.717) is 0 Å². The lowest BCUT2D eigenvalue weighted by Gasteiger charge is -2.29. The minimum absolute atomic E-state index is 0.865. The summed E-state index contributed by atoms with van der Waals surface area (Å²) in [6.45, 7) is 19.2. The highest BCUT2D eigenvalue weighted by Crippen LogP contribution is 2.28. The summed E-state index contributed by atoms with van der Waals surface area (Å²) in [6.07, 6.45) is 16.9. The molecule has 2 N–H and O–H groups in total. The summed E-state index contributed by atoms with van der Waals surface area (Å²) in [5.74, 6) is 5.36. The summed E-state index contributed by atoms with van der Waals surface area (Å²) >= 11 is 0. The van der Waals surface area contributed by atoms with Crippen molar-refractivity contribution in [3.05, 3.63) is 0 Å². The summed E-state index contributed by atoms with van der Waals surface area (Å²) in [7, 11) is 0. The average Bonchev–Trinajstić information content (AvgIpc) is 2.69. The van der Waals surface area contributed by atoms with Crippen molar-refractivity contribution in [3.63, 3.8) is 0 Å². The van der Waals surface area contributed by atoms with Crippen LogP contribution in [0.4, 0.5) is 0 Å². The summed E-state index contributed by atoms with van der Waals surface area (Å²) in [5.41, 5.74) is 0. The first-order chi connectivity index (χ1) is 14.4. The Bertz CT molecular complexity index is 335. The molecule has 2 atom stereocenters. The van der Waals surface area contributed by atoms with E-state index in [0.717, 1.165) is 35.5 Å². The molecule has 0 bridgehead atoms. The van der Waals surface area contributed by atoms with Crippen LogP contribution in [0.15, 0.2) is 0 Å². The molecule has 0 aliphatic heterocycles. The molecular formula is C28H58N2. The molecule has 180 valence electrons. The Kier molecular flexibility index (Phi) is 16.3. The zero-order chi connectivity index (χ0) is 22.2. The van der Waals surface area contributed by atoms with E-state index in [1.165, 1.54) is 103 Å². The minimum atomic E-state index is 0.865. The van der Waals surface area contributed by atoms with Crippen LogP contribution in [-0.4, -0.2) is 26.2 Å². The molecule has 0 saturated heterocycles. The zero-order valence-electron chi connectivity index (χ0n) is 21.8. The number of rotatable bonds is 18. The van der Waals surface area contributed by atoms with Gasteiger partial charge in [0.2, 0.25) is 0 Å². The van der Waals surface area contributed by atoms with Gasteiger partial charge < -0.3 is 10.6 Å². The first-order valence-electron chi connectivity index (χ1n) is 13.8. The van der Waals surface area contributed by atoms with Gasteiger partial charge in [-0.15, -0.1) is 0 Å². The van der Waals surface area contributed by atoms with Gasteiger partial charge in [0.15, 0.2) is 0 Å². The topological polar surface area (TPSA) is 24.1 Å². The van der Waals surface area contributed by atoms with Gasteiger partial charge in [-0.3, -0.25) is 0 Å². The Balaban J connectivity index is 1.94. The fourth-order valence-electron chi connectivity index (χ4n) is 4.99. The van der Waals surface area contributed by atoms with E-state index >= 15 is 0 Å². The van der Waals surface area contributed by atoms with Gasteiger partial charge in [0.1, 0.15) is 0 Å². The highest BCUT2D eigenvalue weighted by atomic mass is 14.9. The van der Waals surface area contributed by atoms with Gasteiger partial charge in [0, 0.05) is 0 Å². The maximum atomic E-state index is 3.77. The van der Waals surface area contributed by atoms with Crippen LogP contribution in [0.5, 0.6) is 0 Å². The highest BCUT2D eigenvalue weighted by Gasteiger charge is 2.20. The third kappa shape index (κ3) is 15.7. The van der Waals surface area contributed by atoms with Crippen molar-refractivity contribution in [2.75, 3.05) is 26.2 Å². The summed E-state index contributed by atoms with van der Waals surface area (Å²) in [5, 5.41) is 7.55. The monoisotopic (exact) mass is 422 g/mol. The van der Waals surface area contributed by atoms with Crippen molar-refractivity contribution in [2.45, 2.75) is 119 Å². The molecule has 0 aromatic rings. The largest absolute Gasteiger partial charge is 0.316 e. The third-order valence-corrected chi connectivity index (χ3v) is 7.42. The van der Waals surface area contributed by atoms with E-state index < -0.39 is 0 Å². The van der Waals surface area contributed by atoms with Crippen LogP contribution < -0.4 is 10.6 Å². The molecule has 2 unspecified atom stereocenters. The van der Waals surface area contributed by atoms with Gasteiger partial charge in [0.25, 0.3) is 0 Å². The van der Waals surface area contributed by atoms with Crippen LogP contribution in [-0.2, 0) is 0 Å². The SMILES string of the molecule is CC(C)CCCC(C)CCNCC1CCC(CNCCC(C)CCCC(C)C)CC1. The van der Waals surface area contributed by atoms with Crippen molar-refractivity contribution < 1.29 is 0 Å².